The van der Waals surface area contributed by atoms with E-state index in [0.717, 1.165) is 28.0 Å². The fraction of sp³-hybridized carbons (Fsp3) is 0.500. The van der Waals surface area contributed by atoms with Crippen molar-refractivity contribution >= 4 is 17.3 Å². The van der Waals surface area contributed by atoms with Crippen molar-refractivity contribution in [2.24, 2.45) is 17.0 Å². The molecule has 2 atom stereocenters. The van der Waals surface area contributed by atoms with Crippen LogP contribution in [0.2, 0.25) is 0 Å². The van der Waals surface area contributed by atoms with E-state index in [2.05, 4.69) is 17.3 Å². The Balaban J connectivity index is 1.98. The van der Waals surface area contributed by atoms with Crippen molar-refractivity contribution in [3.63, 3.8) is 0 Å². The molecule has 0 aromatic heterocycles. The van der Waals surface area contributed by atoms with Gasteiger partial charge >= 0.3 is 0 Å². The third-order valence-electron chi connectivity index (χ3n) is 4.94. The minimum absolute atomic E-state index is 0.0614. The normalized spacial score (nSPS) is 27.3. The Bertz CT molecular complexity index is 641. The zero-order valence-corrected chi connectivity index (χ0v) is 13.5. The minimum atomic E-state index is -0.584. The van der Waals surface area contributed by atoms with E-state index >= 15 is 0 Å². The molecule has 0 radical (unpaired) electrons. The van der Waals surface area contributed by atoms with Crippen molar-refractivity contribution in [3.05, 3.63) is 34.4 Å². The number of Topliss-reactive ketones (excluding diaryl/α,β-unsaturated/α-hetero) is 2. The molecule has 0 amide bonds. The first kappa shape index (κ1) is 14.9. The van der Waals surface area contributed by atoms with Gasteiger partial charge in [-0.05, 0) is 50.3 Å². The highest BCUT2D eigenvalue weighted by Crippen LogP contribution is 2.46. The molecule has 0 N–H and O–H groups in total. The second-order valence-corrected chi connectivity index (χ2v) is 6.51. The van der Waals surface area contributed by atoms with Crippen molar-refractivity contribution in [1.29, 1.82) is 0 Å². The summed E-state index contributed by atoms with van der Waals surface area (Å²) in [6, 6.07) is 4.10. The maximum Gasteiger partial charge on any atom is 0.151 e. The van der Waals surface area contributed by atoms with Gasteiger partial charge in [0.15, 0.2) is 11.6 Å². The lowest BCUT2D eigenvalue weighted by molar-refractivity contribution is -0.125. The molecule has 2 fully saturated rings. The number of oxime groups is 1. The summed E-state index contributed by atoms with van der Waals surface area (Å²) < 4.78 is 0. The van der Waals surface area contributed by atoms with Crippen molar-refractivity contribution in [3.8, 4) is 0 Å². The number of carbonyl (C=O) groups excluding carboxylic acids is 2. The predicted molar refractivity (Wildman–Crippen MR) is 84.1 cm³/mol. The summed E-state index contributed by atoms with van der Waals surface area (Å²) in [5.41, 5.74) is 4.98. The van der Waals surface area contributed by atoms with Gasteiger partial charge in [0.05, 0.1) is 5.71 Å². The number of fused-ring (bicyclic) bond motifs is 1. The fourth-order valence-corrected chi connectivity index (χ4v) is 4.18. The van der Waals surface area contributed by atoms with Crippen LogP contribution in [0, 0.1) is 32.6 Å². The summed E-state index contributed by atoms with van der Waals surface area (Å²) in [6.45, 7) is 6.01. The zero-order valence-electron chi connectivity index (χ0n) is 13.5. The first-order valence-electron chi connectivity index (χ1n) is 7.68. The van der Waals surface area contributed by atoms with Gasteiger partial charge in [-0.3, -0.25) is 9.59 Å². The molecule has 0 bridgehead atoms. The molecule has 4 nitrogen and oxygen atoms in total. The van der Waals surface area contributed by atoms with Gasteiger partial charge in [0.25, 0.3) is 0 Å². The largest absolute Gasteiger partial charge is 0.399 e. The van der Waals surface area contributed by atoms with Gasteiger partial charge < -0.3 is 4.84 Å². The van der Waals surface area contributed by atoms with Gasteiger partial charge in [0.1, 0.15) is 13.0 Å². The molecule has 2 aliphatic carbocycles. The van der Waals surface area contributed by atoms with Crippen LogP contribution in [0.1, 0.15) is 41.0 Å². The fourth-order valence-electron chi connectivity index (χ4n) is 4.18. The first-order chi connectivity index (χ1) is 10.4. The van der Waals surface area contributed by atoms with Gasteiger partial charge in [-0.15, -0.1) is 0 Å². The first-order valence-corrected chi connectivity index (χ1v) is 7.68. The number of carbonyl (C=O) groups is 2. The van der Waals surface area contributed by atoms with Crippen LogP contribution in [0.5, 0.6) is 0 Å². The van der Waals surface area contributed by atoms with Crippen LogP contribution in [-0.4, -0.2) is 24.4 Å². The third kappa shape index (κ3) is 2.18. The smallest absolute Gasteiger partial charge is 0.151 e. The SMILES string of the molecule is CON=C1CC2C(=O)C(c3c(C)cc(C)cc3C)C(=O)C2C1. The number of hydrogen-bond acceptors (Lipinski definition) is 4. The second-order valence-electron chi connectivity index (χ2n) is 6.51. The molecular formula is C18H21NO3. The van der Waals surface area contributed by atoms with Gasteiger partial charge in [-0.2, -0.15) is 0 Å². The van der Waals surface area contributed by atoms with Crippen LogP contribution in [0.15, 0.2) is 17.3 Å². The lowest BCUT2D eigenvalue weighted by Gasteiger charge is -2.17. The molecule has 2 aliphatic rings. The summed E-state index contributed by atoms with van der Waals surface area (Å²) in [6.07, 6.45) is 1.12. The van der Waals surface area contributed by atoms with Crippen LogP contribution in [0.25, 0.3) is 0 Å². The zero-order chi connectivity index (χ0) is 16.0. The molecule has 2 unspecified atom stereocenters. The average Bonchev–Trinajstić information content (AvgIpc) is 2.93. The molecule has 2 saturated carbocycles. The predicted octanol–water partition coefficient (Wildman–Crippen LogP) is 2.88. The monoisotopic (exact) mass is 299 g/mol. The van der Waals surface area contributed by atoms with E-state index in [0.29, 0.717) is 12.8 Å². The number of ketones is 2. The molecule has 1 aromatic rings. The Morgan fingerprint density at radius 2 is 1.50 bits per heavy atom. The molecule has 4 heteroatoms. The van der Waals surface area contributed by atoms with E-state index in [1.807, 2.05) is 20.8 Å². The van der Waals surface area contributed by atoms with Crippen LogP contribution in [0.3, 0.4) is 0 Å². The number of aryl methyl sites for hydroxylation is 3. The van der Waals surface area contributed by atoms with Crippen molar-refractivity contribution in [1.82, 2.24) is 0 Å². The van der Waals surface area contributed by atoms with Crippen LogP contribution < -0.4 is 0 Å². The number of hydrogen-bond donors (Lipinski definition) is 0. The third-order valence-corrected chi connectivity index (χ3v) is 4.94. The summed E-state index contributed by atoms with van der Waals surface area (Å²) in [5.74, 6) is -0.893. The maximum absolute atomic E-state index is 12.8. The Kier molecular flexibility index (Phi) is 3.63. The number of nitrogens with zero attached hydrogens (tertiary/aromatic N) is 1. The minimum Gasteiger partial charge on any atom is -0.399 e. The van der Waals surface area contributed by atoms with E-state index < -0.39 is 5.92 Å². The summed E-state index contributed by atoms with van der Waals surface area (Å²) in [4.78, 5) is 30.4. The molecule has 0 heterocycles. The molecule has 22 heavy (non-hydrogen) atoms. The highest BCUT2D eigenvalue weighted by atomic mass is 16.6. The van der Waals surface area contributed by atoms with Crippen LogP contribution in [0.4, 0.5) is 0 Å². The Hall–Kier alpha value is -1.97. The quantitative estimate of drug-likeness (QED) is 0.623. The average molecular weight is 299 g/mol. The Labute approximate surface area is 130 Å². The van der Waals surface area contributed by atoms with E-state index in [4.69, 9.17) is 4.84 Å². The van der Waals surface area contributed by atoms with E-state index in [1.165, 1.54) is 7.11 Å². The topological polar surface area (TPSA) is 55.7 Å². The molecule has 1 aromatic carbocycles. The molecule has 116 valence electrons. The van der Waals surface area contributed by atoms with Gasteiger partial charge in [-0.1, -0.05) is 22.9 Å². The lowest BCUT2D eigenvalue weighted by Crippen LogP contribution is -2.19. The lowest BCUT2D eigenvalue weighted by atomic mass is 9.85. The second kappa shape index (κ2) is 5.34. The van der Waals surface area contributed by atoms with Crippen LogP contribution in [-0.2, 0) is 14.4 Å². The van der Waals surface area contributed by atoms with Gasteiger partial charge in [-0.25, -0.2) is 0 Å². The molecule has 3 rings (SSSR count). The number of benzene rings is 1. The molecule has 0 spiro atoms. The van der Waals surface area contributed by atoms with E-state index in [-0.39, 0.29) is 23.4 Å². The standard InChI is InChI=1S/C18H21NO3/c1-9-5-10(2)15(11(3)6-9)16-17(20)13-7-12(19-22-4)8-14(13)18(16)21/h5-6,13-14,16H,7-8H2,1-4H3. The maximum atomic E-state index is 12.8. The molecular weight excluding hydrogens is 278 g/mol. The Morgan fingerprint density at radius 3 is 1.95 bits per heavy atom. The molecule has 0 saturated heterocycles. The highest BCUT2D eigenvalue weighted by Gasteiger charge is 2.54. The van der Waals surface area contributed by atoms with Crippen molar-refractivity contribution in [2.45, 2.75) is 39.5 Å². The molecule has 0 aliphatic heterocycles. The van der Waals surface area contributed by atoms with E-state index in [9.17, 15) is 9.59 Å². The summed E-state index contributed by atoms with van der Waals surface area (Å²) >= 11 is 0. The van der Waals surface area contributed by atoms with Crippen LogP contribution >= 0.6 is 0 Å². The van der Waals surface area contributed by atoms with Crippen molar-refractivity contribution in [2.75, 3.05) is 7.11 Å². The number of rotatable bonds is 2. The Morgan fingerprint density at radius 1 is 1.00 bits per heavy atom. The van der Waals surface area contributed by atoms with E-state index in [1.54, 1.807) is 0 Å². The van der Waals surface area contributed by atoms with Gasteiger partial charge in [0.2, 0.25) is 0 Å². The highest BCUT2D eigenvalue weighted by molar-refractivity contribution is 6.19. The van der Waals surface area contributed by atoms with Crippen molar-refractivity contribution < 1.29 is 14.4 Å². The summed E-state index contributed by atoms with van der Waals surface area (Å²) in [7, 11) is 1.49. The summed E-state index contributed by atoms with van der Waals surface area (Å²) in [5, 5.41) is 3.93. The van der Waals surface area contributed by atoms with Gasteiger partial charge in [0, 0.05) is 11.8 Å².